The van der Waals surface area contributed by atoms with Crippen LogP contribution >= 0.6 is 23.2 Å². The molecule has 0 fully saturated rings. The van der Waals surface area contributed by atoms with Crippen molar-refractivity contribution in [3.05, 3.63) is 63.1 Å². The Kier molecular flexibility index (Phi) is 4.63. The Bertz CT molecular complexity index is 848. The molecule has 0 saturated heterocycles. The maximum Gasteiger partial charge on any atom is 0.130 e. The van der Waals surface area contributed by atoms with Crippen molar-refractivity contribution in [1.29, 1.82) is 0 Å². The highest BCUT2D eigenvalue weighted by molar-refractivity contribution is 6.42. The number of methoxy groups -OCH3 is 1. The van der Waals surface area contributed by atoms with Gasteiger partial charge in [-0.15, -0.1) is 0 Å². The highest BCUT2D eigenvalue weighted by Crippen LogP contribution is 2.39. The Hall–Kier alpha value is -1.68. The lowest BCUT2D eigenvalue weighted by molar-refractivity contribution is 0.256. The molecule has 2 aromatic rings. The largest absolute Gasteiger partial charge is 0.497 e. The summed E-state index contributed by atoms with van der Waals surface area (Å²) in [5, 5.41) is 1.21. The number of benzene rings is 2. The fourth-order valence-electron chi connectivity index (χ4n) is 3.54. The number of nitrogens with zero attached hydrogens (tertiary/aromatic N) is 1. The van der Waals surface area contributed by atoms with Gasteiger partial charge in [-0.1, -0.05) is 29.3 Å². The molecule has 4 rings (SSSR count). The minimum atomic E-state index is 0.599. The van der Waals surface area contributed by atoms with Crippen LogP contribution in [0.2, 0.25) is 10.0 Å². The van der Waals surface area contributed by atoms with Crippen molar-refractivity contribution in [2.75, 3.05) is 26.8 Å². The molecule has 25 heavy (non-hydrogen) atoms. The molecule has 2 heterocycles. The van der Waals surface area contributed by atoms with Crippen LogP contribution in [-0.2, 0) is 6.54 Å². The van der Waals surface area contributed by atoms with Gasteiger partial charge in [0.1, 0.15) is 18.1 Å². The summed E-state index contributed by atoms with van der Waals surface area (Å²) in [4.78, 5) is 2.43. The predicted molar refractivity (Wildman–Crippen MR) is 102 cm³/mol. The Labute approximate surface area is 157 Å². The van der Waals surface area contributed by atoms with E-state index < -0.39 is 0 Å². The van der Waals surface area contributed by atoms with E-state index in [2.05, 4.69) is 11.0 Å². The van der Waals surface area contributed by atoms with E-state index in [1.54, 1.807) is 7.11 Å². The van der Waals surface area contributed by atoms with Crippen LogP contribution in [0.3, 0.4) is 0 Å². The van der Waals surface area contributed by atoms with Crippen LogP contribution in [0.5, 0.6) is 11.5 Å². The van der Waals surface area contributed by atoms with E-state index in [9.17, 15) is 0 Å². The molecule has 0 spiro atoms. The lowest BCUT2D eigenvalue weighted by Crippen LogP contribution is -2.34. The van der Waals surface area contributed by atoms with E-state index in [-0.39, 0.29) is 0 Å². The van der Waals surface area contributed by atoms with E-state index in [1.807, 2.05) is 30.3 Å². The topological polar surface area (TPSA) is 21.7 Å². The monoisotopic (exact) mass is 375 g/mol. The highest BCUT2D eigenvalue weighted by atomic mass is 35.5. The summed E-state index contributed by atoms with van der Waals surface area (Å²) in [5.41, 5.74) is 5.18. The minimum Gasteiger partial charge on any atom is -0.497 e. The molecule has 2 aromatic carbocycles. The second kappa shape index (κ2) is 6.91. The molecule has 2 aliphatic rings. The molecular weight excluding hydrogens is 357 g/mol. The van der Waals surface area contributed by atoms with Crippen molar-refractivity contribution in [3.63, 3.8) is 0 Å². The van der Waals surface area contributed by atoms with Gasteiger partial charge in [-0.05, 0) is 47.4 Å². The highest BCUT2D eigenvalue weighted by Gasteiger charge is 2.26. The van der Waals surface area contributed by atoms with Crippen LogP contribution in [0.1, 0.15) is 17.5 Å². The molecule has 5 heteroatoms. The fourth-order valence-corrected chi connectivity index (χ4v) is 3.86. The molecule has 0 N–H and O–H groups in total. The van der Waals surface area contributed by atoms with Crippen molar-refractivity contribution in [2.45, 2.75) is 13.0 Å². The summed E-state index contributed by atoms with van der Waals surface area (Å²) in [6.07, 6.45) is 1.03. The summed E-state index contributed by atoms with van der Waals surface area (Å²) >= 11 is 12.1. The molecule has 0 saturated carbocycles. The number of fused-ring (bicyclic) bond motifs is 2. The quantitative estimate of drug-likeness (QED) is 0.748. The molecule has 0 aliphatic carbocycles. The Balaban J connectivity index is 1.53. The SMILES string of the molecule is COc1ccc2c(c1)OCC1=C2CCN(Cc2ccc(Cl)c(Cl)c2)C1. The van der Waals surface area contributed by atoms with Gasteiger partial charge < -0.3 is 9.47 Å². The third-order valence-electron chi connectivity index (χ3n) is 4.83. The van der Waals surface area contributed by atoms with E-state index in [1.165, 1.54) is 22.3 Å². The number of halogens is 2. The lowest BCUT2D eigenvalue weighted by atomic mass is 9.91. The predicted octanol–water partition coefficient (Wildman–Crippen LogP) is 5.05. The first-order valence-electron chi connectivity index (χ1n) is 8.32. The van der Waals surface area contributed by atoms with Crippen LogP contribution in [-0.4, -0.2) is 31.7 Å². The maximum absolute atomic E-state index is 6.13. The molecule has 0 aromatic heterocycles. The van der Waals surface area contributed by atoms with Crippen LogP contribution in [0.15, 0.2) is 42.0 Å². The van der Waals surface area contributed by atoms with Crippen LogP contribution in [0.4, 0.5) is 0 Å². The van der Waals surface area contributed by atoms with Gasteiger partial charge in [0.05, 0.1) is 17.2 Å². The number of ether oxygens (including phenoxy) is 2. The average Bonchev–Trinajstić information content (AvgIpc) is 2.64. The zero-order valence-electron chi connectivity index (χ0n) is 14.0. The van der Waals surface area contributed by atoms with Gasteiger partial charge in [0, 0.05) is 31.3 Å². The molecule has 3 nitrogen and oxygen atoms in total. The smallest absolute Gasteiger partial charge is 0.130 e. The zero-order valence-corrected chi connectivity index (χ0v) is 15.5. The summed E-state index contributed by atoms with van der Waals surface area (Å²) in [7, 11) is 1.68. The van der Waals surface area contributed by atoms with Gasteiger partial charge in [0.2, 0.25) is 0 Å². The molecule has 0 radical (unpaired) electrons. The Morgan fingerprint density at radius 1 is 1.12 bits per heavy atom. The average molecular weight is 376 g/mol. The lowest BCUT2D eigenvalue weighted by Gasteiger charge is -2.34. The van der Waals surface area contributed by atoms with Crippen molar-refractivity contribution >= 4 is 28.8 Å². The van der Waals surface area contributed by atoms with Gasteiger partial charge in [-0.25, -0.2) is 0 Å². The molecule has 0 bridgehead atoms. The van der Waals surface area contributed by atoms with E-state index in [0.717, 1.165) is 37.6 Å². The van der Waals surface area contributed by atoms with E-state index in [0.29, 0.717) is 16.7 Å². The zero-order chi connectivity index (χ0) is 17.4. The van der Waals surface area contributed by atoms with Gasteiger partial charge >= 0.3 is 0 Å². The number of hydrogen-bond donors (Lipinski definition) is 0. The van der Waals surface area contributed by atoms with Gasteiger partial charge in [-0.3, -0.25) is 4.90 Å². The first kappa shape index (κ1) is 16.8. The molecule has 0 atom stereocenters. The van der Waals surface area contributed by atoms with E-state index in [4.69, 9.17) is 32.7 Å². The summed E-state index contributed by atoms with van der Waals surface area (Å²) < 4.78 is 11.3. The van der Waals surface area contributed by atoms with Gasteiger partial charge in [-0.2, -0.15) is 0 Å². The summed E-state index contributed by atoms with van der Waals surface area (Å²) in [6, 6.07) is 11.9. The standard InChI is InChI=1S/C20H19Cl2NO2/c1-24-15-3-4-17-16-6-7-23(11-14(16)12-25-20(17)9-15)10-13-2-5-18(21)19(22)8-13/h2-5,8-9H,6-7,10-12H2,1H3. The summed E-state index contributed by atoms with van der Waals surface area (Å²) in [5.74, 6) is 1.76. The minimum absolute atomic E-state index is 0.599. The van der Waals surface area contributed by atoms with Crippen molar-refractivity contribution < 1.29 is 9.47 Å². The normalized spacial score (nSPS) is 16.9. The number of hydrogen-bond acceptors (Lipinski definition) is 3. The molecule has 0 unspecified atom stereocenters. The fraction of sp³-hybridized carbons (Fsp3) is 0.300. The Morgan fingerprint density at radius 3 is 2.80 bits per heavy atom. The van der Waals surface area contributed by atoms with Crippen molar-refractivity contribution in [2.24, 2.45) is 0 Å². The first-order chi connectivity index (χ1) is 12.1. The molecule has 0 amide bonds. The second-order valence-corrected chi connectivity index (χ2v) is 7.26. The number of rotatable bonds is 3. The molecule has 2 aliphatic heterocycles. The van der Waals surface area contributed by atoms with Crippen molar-refractivity contribution in [3.8, 4) is 11.5 Å². The third kappa shape index (κ3) is 3.37. The summed E-state index contributed by atoms with van der Waals surface area (Å²) in [6.45, 7) is 3.45. The molecule has 130 valence electrons. The molecular formula is C20H19Cl2NO2. The van der Waals surface area contributed by atoms with E-state index >= 15 is 0 Å². The Morgan fingerprint density at radius 2 is 2.00 bits per heavy atom. The van der Waals surface area contributed by atoms with Gasteiger partial charge in [0.25, 0.3) is 0 Å². The van der Waals surface area contributed by atoms with Crippen LogP contribution in [0.25, 0.3) is 5.57 Å². The van der Waals surface area contributed by atoms with Crippen molar-refractivity contribution in [1.82, 2.24) is 4.90 Å². The second-order valence-electron chi connectivity index (χ2n) is 6.44. The van der Waals surface area contributed by atoms with Gasteiger partial charge in [0.15, 0.2) is 0 Å². The first-order valence-corrected chi connectivity index (χ1v) is 9.08. The van der Waals surface area contributed by atoms with Crippen LogP contribution in [0, 0.1) is 0 Å². The maximum atomic E-state index is 6.13. The third-order valence-corrected chi connectivity index (χ3v) is 5.56. The van der Waals surface area contributed by atoms with Crippen LogP contribution < -0.4 is 9.47 Å².